The van der Waals surface area contributed by atoms with Gasteiger partial charge in [-0.25, -0.2) is 9.97 Å². The molecule has 1 unspecified atom stereocenters. The third-order valence-electron chi connectivity index (χ3n) is 2.60. The SMILES string of the molecule is CC(C)C(C)Sc1nc(N)cn2ccnc12. The largest absolute Gasteiger partial charge is 0.382 e. The van der Waals surface area contributed by atoms with E-state index < -0.39 is 0 Å². The van der Waals surface area contributed by atoms with E-state index in [1.54, 1.807) is 24.2 Å². The third-order valence-corrected chi connectivity index (χ3v) is 4.01. The highest BCUT2D eigenvalue weighted by Crippen LogP contribution is 2.29. The molecule has 0 fully saturated rings. The van der Waals surface area contributed by atoms with Crippen molar-refractivity contribution < 1.29 is 0 Å². The number of nitrogens with zero attached hydrogens (tertiary/aromatic N) is 3. The van der Waals surface area contributed by atoms with E-state index in [0.717, 1.165) is 10.7 Å². The van der Waals surface area contributed by atoms with Crippen molar-refractivity contribution in [2.45, 2.75) is 31.0 Å². The average molecular weight is 236 g/mol. The van der Waals surface area contributed by atoms with Gasteiger partial charge in [-0.15, -0.1) is 0 Å². The third kappa shape index (κ3) is 2.14. The molecule has 0 aromatic carbocycles. The molecule has 2 rings (SSSR count). The molecule has 0 amide bonds. The number of nitrogen functional groups attached to an aromatic ring is 1. The smallest absolute Gasteiger partial charge is 0.169 e. The number of hydrogen-bond acceptors (Lipinski definition) is 4. The van der Waals surface area contributed by atoms with E-state index in [-0.39, 0.29) is 0 Å². The number of imidazole rings is 1. The zero-order valence-electron chi connectivity index (χ0n) is 9.71. The maximum Gasteiger partial charge on any atom is 0.169 e. The molecular weight excluding hydrogens is 220 g/mol. The van der Waals surface area contributed by atoms with Crippen molar-refractivity contribution in [1.29, 1.82) is 0 Å². The van der Waals surface area contributed by atoms with Gasteiger partial charge in [0.05, 0.1) is 6.20 Å². The van der Waals surface area contributed by atoms with E-state index in [2.05, 4.69) is 30.7 Å². The number of hydrogen-bond donors (Lipinski definition) is 1. The Labute approximate surface area is 99.3 Å². The molecular formula is C11H16N4S. The molecule has 1 atom stereocenters. The second kappa shape index (κ2) is 4.33. The Kier molecular flexibility index (Phi) is 3.05. The van der Waals surface area contributed by atoms with Crippen LogP contribution < -0.4 is 5.73 Å². The predicted octanol–water partition coefficient (Wildman–Crippen LogP) is 2.45. The summed E-state index contributed by atoms with van der Waals surface area (Å²) in [5.41, 5.74) is 6.64. The molecule has 2 aromatic heterocycles. The average Bonchev–Trinajstić information content (AvgIpc) is 2.65. The van der Waals surface area contributed by atoms with Crippen molar-refractivity contribution in [2.24, 2.45) is 5.92 Å². The van der Waals surface area contributed by atoms with E-state index >= 15 is 0 Å². The zero-order chi connectivity index (χ0) is 11.7. The molecule has 2 heterocycles. The lowest BCUT2D eigenvalue weighted by molar-refractivity contribution is 0.641. The minimum absolute atomic E-state index is 0.495. The first kappa shape index (κ1) is 11.3. The molecule has 5 heteroatoms. The van der Waals surface area contributed by atoms with Crippen molar-refractivity contribution in [3.8, 4) is 0 Å². The van der Waals surface area contributed by atoms with Crippen molar-refractivity contribution >= 4 is 23.2 Å². The van der Waals surface area contributed by atoms with Gasteiger partial charge in [0.2, 0.25) is 0 Å². The number of nitrogens with two attached hydrogens (primary N) is 1. The summed E-state index contributed by atoms with van der Waals surface area (Å²) in [5, 5.41) is 1.40. The van der Waals surface area contributed by atoms with Gasteiger partial charge < -0.3 is 10.1 Å². The fourth-order valence-electron chi connectivity index (χ4n) is 1.31. The van der Waals surface area contributed by atoms with Crippen LogP contribution in [-0.4, -0.2) is 19.6 Å². The quantitative estimate of drug-likeness (QED) is 0.832. The summed E-state index contributed by atoms with van der Waals surface area (Å²) in [7, 11) is 0. The molecule has 0 radical (unpaired) electrons. The molecule has 16 heavy (non-hydrogen) atoms. The van der Waals surface area contributed by atoms with Gasteiger partial charge in [0.15, 0.2) is 5.65 Å². The maximum atomic E-state index is 5.76. The van der Waals surface area contributed by atoms with E-state index in [9.17, 15) is 0 Å². The Morgan fingerprint density at radius 3 is 2.81 bits per heavy atom. The molecule has 86 valence electrons. The minimum Gasteiger partial charge on any atom is -0.382 e. The molecule has 0 bridgehead atoms. The van der Waals surface area contributed by atoms with Crippen LogP contribution in [-0.2, 0) is 0 Å². The Hall–Kier alpha value is -1.23. The summed E-state index contributed by atoms with van der Waals surface area (Å²) in [6, 6.07) is 0. The van der Waals surface area contributed by atoms with E-state index in [1.807, 2.05) is 10.6 Å². The highest BCUT2D eigenvalue weighted by atomic mass is 32.2. The van der Waals surface area contributed by atoms with Crippen LogP contribution in [0.25, 0.3) is 5.65 Å². The Morgan fingerprint density at radius 1 is 1.38 bits per heavy atom. The van der Waals surface area contributed by atoms with Crippen LogP contribution in [0.4, 0.5) is 5.82 Å². The summed E-state index contributed by atoms with van der Waals surface area (Å²) in [5.74, 6) is 1.13. The Bertz CT molecular complexity index is 492. The predicted molar refractivity (Wildman–Crippen MR) is 67.6 cm³/mol. The number of rotatable bonds is 3. The highest BCUT2D eigenvalue weighted by Gasteiger charge is 2.13. The van der Waals surface area contributed by atoms with Gasteiger partial charge in [-0.3, -0.25) is 0 Å². The van der Waals surface area contributed by atoms with Gasteiger partial charge in [0, 0.05) is 17.6 Å². The first-order valence-corrected chi connectivity index (χ1v) is 6.21. The van der Waals surface area contributed by atoms with Gasteiger partial charge in [-0.2, -0.15) is 0 Å². The van der Waals surface area contributed by atoms with Crippen LogP contribution in [0.1, 0.15) is 20.8 Å². The van der Waals surface area contributed by atoms with Crippen molar-refractivity contribution in [3.63, 3.8) is 0 Å². The second-order valence-electron chi connectivity index (χ2n) is 4.20. The van der Waals surface area contributed by atoms with E-state index in [0.29, 0.717) is 17.0 Å². The lowest BCUT2D eigenvalue weighted by Crippen LogP contribution is -2.07. The Balaban J connectivity index is 2.39. The van der Waals surface area contributed by atoms with Crippen LogP contribution in [0, 0.1) is 5.92 Å². The van der Waals surface area contributed by atoms with Crippen LogP contribution in [0.3, 0.4) is 0 Å². The molecule has 0 aliphatic heterocycles. The summed E-state index contributed by atoms with van der Waals surface area (Å²) in [6.07, 6.45) is 5.43. The topological polar surface area (TPSA) is 56.2 Å². The molecule has 0 aliphatic carbocycles. The maximum absolute atomic E-state index is 5.76. The van der Waals surface area contributed by atoms with E-state index in [1.165, 1.54) is 0 Å². The summed E-state index contributed by atoms with van der Waals surface area (Å²) in [6.45, 7) is 6.60. The number of aromatic nitrogens is 3. The summed E-state index contributed by atoms with van der Waals surface area (Å²) < 4.78 is 1.91. The second-order valence-corrected chi connectivity index (χ2v) is 5.56. The fourth-order valence-corrected chi connectivity index (χ4v) is 2.36. The Morgan fingerprint density at radius 2 is 2.12 bits per heavy atom. The van der Waals surface area contributed by atoms with Gasteiger partial charge in [-0.05, 0) is 5.92 Å². The monoisotopic (exact) mass is 236 g/mol. The summed E-state index contributed by atoms with van der Waals surface area (Å²) in [4.78, 5) is 8.65. The minimum atomic E-state index is 0.495. The lowest BCUT2D eigenvalue weighted by Gasteiger charge is -2.14. The van der Waals surface area contributed by atoms with E-state index in [4.69, 9.17) is 5.73 Å². The van der Waals surface area contributed by atoms with Crippen molar-refractivity contribution in [2.75, 3.05) is 5.73 Å². The fraction of sp³-hybridized carbons (Fsp3) is 0.455. The number of anilines is 1. The molecule has 0 spiro atoms. The molecule has 0 saturated carbocycles. The summed E-state index contributed by atoms with van der Waals surface area (Å²) >= 11 is 1.73. The molecule has 0 aliphatic rings. The van der Waals surface area contributed by atoms with Crippen LogP contribution in [0.5, 0.6) is 0 Å². The molecule has 2 N–H and O–H groups in total. The van der Waals surface area contributed by atoms with Crippen LogP contribution in [0.15, 0.2) is 23.6 Å². The first-order valence-electron chi connectivity index (χ1n) is 5.33. The molecule has 0 saturated heterocycles. The van der Waals surface area contributed by atoms with Crippen LogP contribution in [0.2, 0.25) is 0 Å². The first-order chi connectivity index (χ1) is 7.58. The molecule has 2 aromatic rings. The van der Waals surface area contributed by atoms with Gasteiger partial charge in [0.25, 0.3) is 0 Å². The number of fused-ring (bicyclic) bond motifs is 1. The standard InChI is InChI=1S/C11H16N4S/c1-7(2)8(3)16-11-10-13-4-5-15(10)6-9(12)14-11/h4-8H,12H2,1-3H3. The van der Waals surface area contributed by atoms with Crippen LogP contribution >= 0.6 is 11.8 Å². The van der Waals surface area contributed by atoms with Gasteiger partial charge in [-0.1, -0.05) is 32.5 Å². The van der Waals surface area contributed by atoms with Gasteiger partial charge in [0.1, 0.15) is 10.8 Å². The lowest BCUT2D eigenvalue weighted by atomic mass is 10.2. The normalized spacial score (nSPS) is 13.5. The van der Waals surface area contributed by atoms with Crippen molar-refractivity contribution in [3.05, 3.63) is 18.6 Å². The highest BCUT2D eigenvalue weighted by molar-refractivity contribution is 8.00. The number of thioether (sulfide) groups is 1. The van der Waals surface area contributed by atoms with Crippen molar-refractivity contribution in [1.82, 2.24) is 14.4 Å². The van der Waals surface area contributed by atoms with Gasteiger partial charge >= 0.3 is 0 Å². The zero-order valence-corrected chi connectivity index (χ0v) is 10.5. The molecule has 4 nitrogen and oxygen atoms in total.